The number of hydrogen-bond donors (Lipinski definition) is 0. The Morgan fingerprint density at radius 2 is 2.62 bits per heavy atom. The van der Waals surface area contributed by atoms with E-state index in [9.17, 15) is 4.79 Å². The Kier molecular flexibility index (Phi) is 1.77. The average molecular weight is 222 g/mol. The van der Waals surface area contributed by atoms with Gasteiger partial charge in [-0.3, -0.25) is 0 Å². The first-order valence-electron chi connectivity index (χ1n) is 2.18. The molecule has 0 unspecified atom stereocenters. The summed E-state index contributed by atoms with van der Waals surface area (Å²) in [5.74, 6) is 0. The summed E-state index contributed by atoms with van der Waals surface area (Å²) in [6.45, 7) is 1.91. The molecule has 0 aromatic rings. The van der Waals surface area contributed by atoms with E-state index in [1.807, 2.05) is 13.0 Å². The van der Waals surface area contributed by atoms with Gasteiger partial charge in [-0.25, -0.2) is 0 Å². The second-order valence-electron chi connectivity index (χ2n) is 1.46. The van der Waals surface area contributed by atoms with Crippen LogP contribution in [0.2, 0.25) is 0 Å². The first-order chi connectivity index (χ1) is 3.83. The number of aldehydes is 1. The van der Waals surface area contributed by atoms with Crippen molar-refractivity contribution in [3.8, 4) is 0 Å². The van der Waals surface area contributed by atoms with Gasteiger partial charge in [-0.2, -0.15) is 0 Å². The molecule has 0 saturated carbocycles. The summed E-state index contributed by atoms with van der Waals surface area (Å²) in [5, 5.41) is 0. The summed E-state index contributed by atoms with van der Waals surface area (Å²) in [6, 6.07) is 0. The predicted molar refractivity (Wildman–Crippen MR) is 27.3 cm³/mol. The van der Waals surface area contributed by atoms with Crippen molar-refractivity contribution in [1.82, 2.24) is 0 Å². The minimum absolute atomic E-state index is 0.283. The molecule has 8 heavy (non-hydrogen) atoms. The average Bonchev–Trinajstić information content (AvgIpc) is 2.14. The Morgan fingerprint density at radius 3 is 2.88 bits per heavy atom. The summed E-state index contributed by atoms with van der Waals surface area (Å²) in [7, 11) is 0. The van der Waals surface area contributed by atoms with Crippen molar-refractivity contribution in [3.05, 3.63) is 9.66 Å². The second kappa shape index (κ2) is 2.39. The summed E-state index contributed by atoms with van der Waals surface area (Å²) in [5.41, 5.74) is 1.000. The number of rotatable bonds is 1. The van der Waals surface area contributed by atoms with Crippen LogP contribution in [-0.2, 0) is 4.79 Å². The van der Waals surface area contributed by atoms with Crippen LogP contribution in [0.5, 0.6) is 0 Å². The summed E-state index contributed by atoms with van der Waals surface area (Å²) in [4.78, 5) is 10.0. The minimum atomic E-state index is -0.283. The molecule has 0 bridgehead atoms. The Labute approximate surface area is 58.3 Å². The van der Waals surface area contributed by atoms with Crippen molar-refractivity contribution >= 4 is 12.0 Å². The van der Waals surface area contributed by atoms with Gasteiger partial charge in [0.1, 0.15) is 0 Å². The van der Waals surface area contributed by atoms with Crippen molar-refractivity contribution < 1.29 is 26.3 Å². The second-order valence-corrected chi connectivity index (χ2v) is 3.67. The fourth-order valence-electron chi connectivity index (χ4n) is 0.418. The molecule has 0 aromatic carbocycles. The normalized spacial score (nSPS) is 18.6. The van der Waals surface area contributed by atoms with E-state index in [-0.39, 0.29) is 21.5 Å². The van der Waals surface area contributed by atoms with Gasteiger partial charge in [0, 0.05) is 0 Å². The van der Waals surface area contributed by atoms with Gasteiger partial charge >= 0.3 is 58.1 Å². The molecule has 2 nitrogen and oxygen atoms in total. The molecule has 1 rings (SSSR count). The molecule has 1 aliphatic heterocycles. The zero-order valence-electron chi connectivity index (χ0n) is 4.39. The van der Waals surface area contributed by atoms with E-state index in [2.05, 4.69) is 3.21 Å². The molecule has 0 radical (unpaired) electrons. The zero-order chi connectivity index (χ0) is 5.98. The Morgan fingerprint density at radius 1 is 1.88 bits per heavy atom. The van der Waals surface area contributed by atoms with E-state index >= 15 is 0 Å². The third kappa shape index (κ3) is 1.15. The summed E-state index contributed by atoms with van der Waals surface area (Å²) >= 11 is -0.283. The number of carbonyl (C=O) groups is 1. The molecule has 0 N–H and O–H groups in total. The van der Waals surface area contributed by atoms with Gasteiger partial charge in [0.25, 0.3) is 0 Å². The van der Waals surface area contributed by atoms with Crippen LogP contribution in [0.3, 0.4) is 0 Å². The number of allylic oxidation sites excluding steroid dienone is 2. The molecule has 0 fully saturated rings. The van der Waals surface area contributed by atoms with Crippen molar-refractivity contribution in [3.63, 3.8) is 0 Å². The Hall–Kier alpha value is -0.190. The first kappa shape index (κ1) is 5.94. The van der Waals surface area contributed by atoms with Crippen LogP contribution in [0.25, 0.3) is 0 Å². The van der Waals surface area contributed by atoms with E-state index in [1.165, 1.54) is 0 Å². The van der Waals surface area contributed by atoms with E-state index in [1.54, 1.807) is 0 Å². The van der Waals surface area contributed by atoms with Gasteiger partial charge in [0.05, 0.1) is 0 Å². The van der Waals surface area contributed by atoms with Crippen molar-refractivity contribution in [2.75, 3.05) is 0 Å². The number of hydrogen-bond acceptors (Lipinski definition) is 2. The molecule has 0 atom stereocenters. The van der Waals surface area contributed by atoms with Crippen LogP contribution in [0.15, 0.2) is 12.9 Å². The quantitative estimate of drug-likeness (QED) is 0.357. The maximum atomic E-state index is 10.0. The third-order valence-corrected chi connectivity index (χ3v) is 2.86. The van der Waals surface area contributed by atoms with Crippen LogP contribution < -0.4 is 21.5 Å². The molecule has 1 heterocycles. The van der Waals surface area contributed by atoms with Gasteiger partial charge in [0.15, 0.2) is 0 Å². The molecule has 0 amide bonds. The molecule has 0 spiro atoms. The third-order valence-electron chi connectivity index (χ3n) is 0.733. The van der Waals surface area contributed by atoms with Gasteiger partial charge in [-0.1, -0.05) is 0 Å². The number of nitrogens with zero attached hydrogens (tertiary/aromatic N) is 1. The van der Waals surface area contributed by atoms with Gasteiger partial charge < -0.3 is 0 Å². The molecule has 0 aliphatic carbocycles. The van der Waals surface area contributed by atoms with Crippen molar-refractivity contribution in [1.29, 1.82) is 0 Å². The van der Waals surface area contributed by atoms with Crippen molar-refractivity contribution in [2.45, 2.75) is 6.92 Å². The molecule has 3 heteroatoms. The fourth-order valence-corrected chi connectivity index (χ4v) is 1.92. The summed E-state index contributed by atoms with van der Waals surface area (Å²) < 4.78 is 4.98. The molecule has 0 aromatic heterocycles. The van der Waals surface area contributed by atoms with Crippen LogP contribution in [0.1, 0.15) is 6.92 Å². The maximum absolute atomic E-state index is 10.0. The number of halogens is 1. The molecular weight excluding hydrogens is 217 g/mol. The standard InChI is InChI=1S/C5H5INO/c1-4-2-5(3-8)6-7-4/h2-3H,1H3/q-1. The van der Waals surface area contributed by atoms with Crippen molar-refractivity contribution in [2.24, 2.45) is 3.21 Å². The predicted octanol–water partition coefficient (Wildman–Crippen LogP) is -2.45. The van der Waals surface area contributed by atoms with Crippen LogP contribution in [0, 0.1) is 0 Å². The zero-order valence-corrected chi connectivity index (χ0v) is 6.55. The van der Waals surface area contributed by atoms with E-state index in [4.69, 9.17) is 0 Å². The van der Waals surface area contributed by atoms with Gasteiger partial charge in [-0.15, -0.1) is 0 Å². The SMILES string of the molecule is CC1=N[I-]C(C=O)=C1. The monoisotopic (exact) mass is 222 g/mol. The van der Waals surface area contributed by atoms with Gasteiger partial charge in [-0.05, 0) is 0 Å². The Balaban J connectivity index is 2.69. The Bertz CT molecular complexity index is 171. The first-order valence-corrected chi connectivity index (χ1v) is 4.23. The van der Waals surface area contributed by atoms with Crippen LogP contribution >= 0.6 is 0 Å². The van der Waals surface area contributed by atoms with E-state index in [0.717, 1.165) is 15.6 Å². The number of carbonyl (C=O) groups excluding carboxylic acids is 1. The topological polar surface area (TPSA) is 29.4 Å². The van der Waals surface area contributed by atoms with Gasteiger partial charge in [0.2, 0.25) is 0 Å². The molecule has 44 valence electrons. The fraction of sp³-hybridized carbons (Fsp3) is 0.200. The van der Waals surface area contributed by atoms with Crippen LogP contribution in [-0.4, -0.2) is 12.0 Å². The van der Waals surface area contributed by atoms with E-state index in [0.29, 0.717) is 0 Å². The molecule has 1 aliphatic rings. The van der Waals surface area contributed by atoms with E-state index < -0.39 is 0 Å². The summed E-state index contributed by atoms with van der Waals surface area (Å²) in [6.07, 6.45) is 2.74. The molecule has 0 saturated heterocycles. The van der Waals surface area contributed by atoms with Crippen LogP contribution in [0.4, 0.5) is 0 Å². The molecular formula is C5H5INO-.